The average Bonchev–Trinajstić information content (AvgIpc) is 3.02. The summed E-state index contributed by atoms with van der Waals surface area (Å²) in [5.41, 5.74) is 1.83. The number of nitrogens with zero attached hydrogens (tertiary/aromatic N) is 3. The first kappa shape index (κ1) is 20.0. The maximum absolute atomic E-state index is 13.1. The van der Waals surface area contributed by atoms with E-state index in [2.05, 4.69) is 15.1 Å². The van der Waals surface area contributed by atoms with Crippen molar-refractivity contribution in [1.82, 2.24) is 15.1 Å². The molecule has 1 aromatic carbocycles. The van der Waals surface area contributed by atoms with Crippen molar-refractivity contribution >= 4 is 5.97 Å². The largest absolute Gasteiger partial charge is 0.490 e. The second-order valence-corrected chi connectivity index (χ2v) is 5.25. The first-order valence-electron chi connectivity index (χ1n) is 7.49. The van der Waals surface area contributed by atoms with Crippen LogP contribution in [0.15, 0.2) is 53.3 Å². The number of carboxylic acid groups (broad SMARTS) is 1. The topological polar surface area (TPSA) is 89.1 Å². The number of aromatic nitrogens is 3. The number of rotatable bonds is 4. The fraction of sp³-hybridized carbons (Fsp3) is 0.176. The minimum atomic E-state index is -5.08. The van der Waals surface area contributed by atoms with E-state index >= 15 is 0 Å². The van der Waals surface area contributed by atoms with E-state index in [1.807, 2.05) is 18.2 Å². The van der Waals surface area contributed by atoms with Crippen LogP contribution in [-0.2, 0) is 17.6 Å². The van der Waals surface area contributed by atoms with Crippen LogP contribution in [0.3, 0.4) is 0 Å². The Morgan fingerprint density at radius 1 is 1.11 bits per heavy atom. The first-order chi connectivity index (χ1) is 12.7. The van der Waals surface area contributed by atoms with Gasteiger partial charge < -0.3 is 9.63 Å². The van der Waals surface area contributed by atoms with E-state index in [0.717, 1.165) is 11.1 Å². The summed E-state index contributed by atoms with van der Waals surface area (Å²) in [7, 11) is 0. The fourth-order valence-electron chi connectivity index (χ4n) is 1.94. The van der Waals surface area contributed by atoms with E-state index in [9.17, 15) is 17.6 Å². The molecule has 3 aromatic rings. The minimum Gasteiger partial charge on any atom is -0.475 e. The van der Waals surface area contributed by atoms with Crippen molar-refractivity contribution < 1.29 is 32.0 Å². The van der Waals surface area contributed by atoms with Crippen LogP contribution >= 0.6 is 0 Å². The van der Waals surface area contributed by atoms with Gasteiger partial charge in [-0.2, -0.15) is 18.2 Å². The number of pyridine rings is 1. The molecule has 0 atom stereocenters. The van der Waals surface area contributed by atoms with E-state index < -0.39 is 12.1 Å². The summed E-state index contributed by atoms with van der Waals surface area (Å²) in [6, 6.07) is 10.2. The van der Waals surface area contributed by atoms with E-state index in [4.69, 9.17) is 14.4 Å². The van der Waals surface area contributed by atoms with Crippen LogP contribution in [0.2, 0.25) is 0 Å². The molecule has 142 valence electrons. The summed E-state index contributed by atoms with van der Waals surface area (Å²) in [5, 5.41) is 11.0. The van der Waals surface area contributed by atoms with Gasteiger partial charge in [0, 0.05) is 18.8 Å². The van der Waals surface area contributed by atoms with Crippen molar-refractivity contribution in [2.45, 2.75) is 19.0 Å². The van der Waals surface area contributed by atoms with Crippen molar-refractivity contribution in [3.63, 3.8) is 0 Å². The normalized spacial score (nSPS) is 10.8. The van der Waals surface area contributed by atoms with Crippen LogP contribution in [0.4, 0.5) is 17.6 Å². The van der Waals surface area contributed by atoms with Gasteiger partial charge in [-0.1, -0.05) is 23.4 Å². The van der Waals surface area contributed by atoms with Crippen molar-refractivity contribution in [2.75, 3.05) is 0 Å². The molecule has 0 spiro atoms. The van der Waals surface area contributed by atoms with Crippen LogP contribution in [0.1, 0.15) is 22.8 Å². The quantitative estimate of drug-likeness (QED) is 0.695. The second kappa shape index (κ2) is 8.88. The third-order valence-corrected chi connectivity index (χ3v) is 3.08. The maximum atomic E-state index is 13.1. The highest BCUT2D eigenvalue weighted by atomic mass is 19.4. The summed E-state index contributed by atoms with van der Waals surface area (Å²) in [6.07, 6.45) is -0.601. The Balaban J connectivity index is 0.000000321. The molecular formula is C17H13F4N3O3. The van der Waals surface area contributed by atoms with Gasteiger partial charge in [-0.3, -0.25) is 4.98 Å². The zero-order valence-corrected chi connectivity index (χ0v) is 13.7. The molecule has 3 rings (SSSR count). The summed E-state index contributed by atoms with van der Waals surface area (Å²) < 4.78 is 50.0. The SMILES string of the molecule is Fc1cccc(Cc2nc(Cc3cccnc3)no2)c1.O=C(O)C(F)(F)F. The number of aliphatic carboxylic acids is 1. The van der Waals surface area contributed by atoms with Gasteiger partial charge in [0.15, 0.2) is 5.82 Å². The molecule has 10 heteroatoms. The number of carboxylic acids is 1. The first-order valence-corrected chi connectivity index (χ1v) is 7.49. The lowest BCUT2D eigenvalue weighted by molar-refractivity contribution is -0.192. The van der Waals surface area contributed by atoms with E-state index in [1.165, 1.54) is 12.1 Å². The van der Waals surface area contributed by atoms with E-state index in [0.29, 0.717) is 24.6 Å². The lowest BCUT2D eigenvalue weighted by Crippen LogP contribution is -2.21. The third-order valence-electron chi connectivity index (χ3n) is 3.08. The maximum Gasteiger partial charge on any atom is 0.490 e. The molecule has 0 radical (unpaired) electrons. The van der Waals surface area contributed by atoms with Crippen molar-refractivity contribution in [2.24, 2.45) is 0 Å². The Bertz CT molecular complexity index is 882. The number of alkyl halides is 3. The van der Waals surface area contributed by atoms with Gasteiger partial charge in [0.25, 0.3) is 0 Å². The molecule has 0 bridgehead atoms. The minimum absolute atomic E-state index is 0.266. The van der Waals surface area contributed by atoms with Crippen molar-refractivity contribution in [3.05, 3.63) is 77.5 Å². The van der Waals surface area contributed by atoms with Gasteiger partial charge >= 0.3 is 12.1 Å². The van der Waals surface area contributed by atoms with Gasteiger partial charge in [-0.25, -0.2) is 9.18 Å². The number of hydrogen-bond acceptors (Lipinski definition) is 5. The monoisotopic (exact) mass is 383 g/mol. The standard InChI is InChI=1S/C15H12FN3O.C2HF3O2/c16-13-5-1-3-11(7-13)9-15-18-14(19-20-15)8-12-4-2-6-17-10-12;3-2(4,5)1(6)7/h1-7,10H,8-9H2;(H,6,7). The zero-order chi connectivity index (χ0) is 19.9. The molecule has 0 unspecified atom stereocenters. The van der Waals surface area contributed by atoms with Gasteiger partial charge in [0.1, 0.15) is 5.82 Å². The van der Waals surface area contributed by atoms with Gasteiger partial charge in [0.05, 0.1) is 6.42 Å². The number of benzene rings is 1. The molecule has 0 aliphatic rings. The highest BCUT2D eigenvalue weighted by Gasteiger charge is 2.38. The van der Waals surface area contributed by atoms with E-state index in [-0.39, 0.29) is 5.82 Å². The number of halogens is 4. The van der Waals surface area contributed by atoms with Gasteiger partial charge in [-0.15, -0.1) is 0 Å². The molecule has 0 amide bonds. The van der Waals surface area contributed by atoms with Crippen LogP contribution in [0.5, 0.6) is 0 Å². The van der Waals surface area contributed by atoms with Crippen LogP contribution in [-0.4, -0.2) is 32.4 Å². The molecule has 27 heavy (non-hydrogen) atoms. The molecular weight excluding hydrogens is 370 g/mol. The van der Waals surface area contributed by atoms with Gasteiger partial charge in [-0.05, 0) is 29.3 Å². The summed E-state index contributed by atoms with van der Waals surface area (Å²) in [5.74, 6) is -1.94. The van der Waals surface area contributed by atoms with E-state index in [1.54, 1.807) is 18.5 Å². The van der Waals surface area contributed by atoms with Crippen molar-refractivity contribution in [1.29, 1.82) is 0 Å². The predicted molar refractivity (Wildman–Crippen MR) is 84.2 cm³/mol. The Hall–Kier alpha value is -3.30. The highest BCUT2D eigenvalue weighted by molar-refractivity contribution is 5.73. The average molecular weight is 383 g/mol. The molecule has 1 N–H and O–H groups in total. The summed E-state index contributed by atoms with van der Waals surface area (Å²) >= 11 is 0. The predicted octanol–water partition coefficient (Wildman–Crippen LogP) is 3.42. The zero-order valence-electron chi connectivity index (χ0n) is 13.7. The number of hydrogen-bond donors (Lipinski definition) is 1. The molecule has 2 aromatic heterocycles. The third kappa shape index (κ3) is 6.84. The fourth-order valence-corrected chi connectivity index (χ4v) is 1.94. The Kier molecular flexibility index (Phi) is 6.58. The van der Waals surface area contributed by atoms with Crippen LogP contribution in [0.25, 0.3) is 0 Å². The molecule has 0 saturated carbocycles. The molecule has 2 heterocycles. The Labute approximate surface area is 150 Å². The lowest BCUT2D eigenvalue weighted by Gasteiger charge is -1.96. The summed E-state index contributed by atoms with van der Waals surface area (Å²) in [6.45, 7) is 0. The smallest absolute Gasteiger partial charge is 0.475 e. The highest BCUT2D eigenvalue weighted by Crippen LogP contribution is 2.13. The van der Waals surface area contributed by atoms with Gasteiger partial charge in [0.2, 0.25) is 5.89 Å². The Morgan fingerprint density at radius 3 is 2.41 bits per heavy atom. The van der Waals surface area contributed by atoms with Crippen molar-refractivity contribution in [3.8, 4) is 0 Å². The molecule has 0 aliphatic carbocycles. The lowest BCUT2D eigenvalue weighted by atomic mass is 10.1. The van der Waals surface area contributed by atoms with Crippen LogP contribution < -0.4 is 0 Å². The molecule has 0 fully saturated rings. The summed E-state index contributed by atoms with van der Waals surface area (Å²) in [4.78, 5) is 17.2. The Morgan fingerprint density at radius 2 is 1.81 bits per heavy atom. The second-order valence-electron chi connectivity index (χ2n) is 5.25. The molecule has 0 aliphatic heterocycles. The van der Waals surface area contributed by atoms with Crippen LogP contribution in [0, 0.1) is 5.82 Å². The molecule has 0 saturated heterocycles. The molecule has 6 nitrogen and oxygen atoms in total. The number of carbonyl (C=O) groups is 1.